The first-order valence-electron chi connectivity index (χ1n) is 11.1. The van der Waals surface area contributed by atoms with Crippen LogP contribution in [0.2, 0.25) is 0 Å². The van der Waals surface area contributed by atoms with Crippen molar-refractivity contribution in [3.63, 3.8) is 0 Å². The van der Waals surface area contributed by atoms with Crippen molar-refractivity contribution < 1.29 is 14.3 Å². The maximum Gasteiger partial charge on any atom is 0.234 e. The number of aromatic nitrogens is 2. The van der Waals surface area contributed by atoms with Crippen LogP contribution >= 0.6 is 0 Å². The van der Waals surface area contributed by atoms with Crippen LogP contribution in [-0.2, 0) is 11.8 Å². The fraction of sp³-hybridized carbons (Fsp3) is 0.565. The summed E-state index contributed by atoms with van der Waals surface area (Å²) in [6.07, 6.45) is 4.66. The molecule has 3 heterocycles. The van der Waals surface area contributed by atoms with Crippen LogP contribution < -0.4 is 19.7 Å². The highest BCUT2D eigenvalue weighted by Gasteiger charge is 2.24. The minimum absolute atomic E-state index is 0.0521. The molecule has 2 aliphatic heterocycles. The van der Waals surface area contributed by atoms with E-state index in [9.17, 15) is 4.79 Å². The molecule has 0 radical (unpaired) electrons. The Morgan fingerprint density at radius 1 is 1.13 bits per heavy atom. The van der Waals surface area contributed by atoms with E-state index in [1.165, 1.54) is 0 Å². The zero-order valence-corrected chi connectivity index (χ0v) is 18.7. The van der Waals surface area contributed by atoms with Gasteiger partial charge in [-0.3, -0.25) is 9.69 Å². The molecule has 1 N–H and O–H groups in total. The molecule has 31 heavy (non-hydrogen) atoms. The topological polar surface area (TPSA) is 71.9 Å². The van der Waals surface area contributed by atoms with Gasteiger partial charge in [-0.15, -0.1) is 0 Å². The third-order valence-corrected chi connectivity index (χ3v) is 5.93. The number of fused-ring (bicyclic) bond motifs is 1. The Bertz CT molecular complexity index is 889. The number of benzene rings is 1. The van der Waals surface area contributed by atoms with Gasteiger partial charge in [0.25, 0.3) is 0 Å². The number of hydrogen-bond acceptors (Lipinski definition) is 6. The Hall–Kier alpha value is -2.74. The summed E-state index contributed by atoms with van der Waals surface area (Å²) < 4.78 is 13.6. The molecule has 0 aliphatic carbocycles. The minimum atomic E-state index is -0.0708. The molecule has 2 aromatic rings. The lowest BCUT2D eigenvalue weighted by Crippen LogP contribution is -2.50. The molecule has 0 saturated carbocycles. The van der Waals surface area contributed by atoms with Crippen LogP contribution in [0.25, 0.3) is 0 Å². The van der Waals surface area contributed by atoms with E-state index < -0.39 is 0 Å². The van der Waals surface area contributed by atoms with E-state index in [0.717, 1.165) is 55.6 Å². The molecule has 2 aliphatic rings. The van der Waals surface area contributed by atoms with Gasteiger partial charge in [-0.05, 0) is 23.6 Å². The van der Waals surface area contributed by atoms with Crippen LogP contribution in [0.4, 0.5) is 5.95 Å². The summed E-state index contributed by atoms with van der Waals surface area (Å²) in [5, 5.41) is 3.24. The summed E-state index contributed by atoms with van der Waals surface area (Å²) in [5.41, 5.74) is 1.05. The molecular formula is C23H33N5O3. The molecular weight excluding hydrogens is 394 g/mol. The largest absolute Gasteiger partial charge is 0.490 e. The Balaban J connectivity index is 1.34. The fourth-order valence-corrected chi connectivity index (χ4v) is 4.20. The molecule has 0 spiro atoms. The Morgan fingerprint density at radius 3 is 2.55 bits per heavy atom. The van der Waals surface area contributed by atoms with E-state index in [2.05, 4.69) is 33.9 Å². The Kier molecular flexibility index (Phi) is 6.65. The number of hydrogen-bond donors (Lipinski definition) is 1. The molecule has 1 saturated heterocycles. The molecule has 4 rings (SSSR count). The second-order valence-electron chi connectivity index (χ2n) is 8.65. The van der Waals surface area contributed by atoms with Crippen LogP contribution in [0.1, 0.15) is 31.9 Å². The van der Waals surface area contributed by atoms with Crippen LogP contribution in [0.15, 0.2) is 30.6 Å². The zero-order chi connectivity index (χ0) is 21.8. The third-order valence-electron chi connectivity index (χ3n) is 5.93. The van der Waals surface area contributed by atoms with E-state index in [0.29, 0.717) is 19.8 Å². The highest BCUT2D eigenvalue weighted by atomic mass is 16.5. The highest BCUT2D eigenvalue weighted by molar-refractivity contribution is 5.78. The summed E-state index contributed by atoms with van der Waals surface area (Å²) >= 11 is 0. The lowest BCUT2D eigenvalue weighted by molar-refractivity contribution is -0.123. The van der Waals surface area contributed by atoms with Crippen LogP contribution in [0.3, 0.4) is 0 Å². The summed E-state index contributed by atoms with van der Waals surface area (Å²) in [6, 6.07) is 5.92. The predicted octanol–water partition coefficient (Wildman–Crippen LogP) is 2.22. The number of carbonyl (C=O) groups is 1. The molecule has 1 fully saturated rings. The van der Waals surface area contributed by atoms with Gasteiger partial charge in [0.1, 0.15) is 0 Å². The number of rotatable bonds is 6. The van der Waals surface area contributed by atoms with E-state index >= 15 is 0 Å². The number of carbonyl (C=O) groups excluding carboxylic acids is 1. The second-order valence-corrected chi connectivity index (χ2v) is 8.65. The van der Waals surface area contributed by atoms with Gasteiger partial charge in [0.15, 0.2) is 11.5 Å². The van der Waals surface area contributed by atoms with Gasteiger partial charge in [-0.1, -0.05) is 19.9 Å². The molecule has 1 aromatic heterocycles. The predicted molar refractivity (Wildman–Crippen MR) is 120 cm³/mol. The molecule has 1 atom stereocenters. The average Bonchev–Trinajstić information content (AvgIpc) is 3.04. The average molecular weight is 428 g/mol. The number of amides is 1. The van der Waals surface area contributed by atoms with Gasteiger partial charge >= 0.3 is 0 Å². The lowest BCUT2D eigenvalue weighted by atomic mass is 9.95. The third kappa shape index (κ3) is 5.12. The van der Waals surface area contributed by atoms with Crippen molar-refractivity contribution in [3.8, 4) is 11.5 Å². The van der Waals surface area contributed by atoms with Crippen molar-refractivity contribution in [1.82, 2.24) is 19.8 Å². The van der Waals surface area contributed by atoms with Crippen LogP contribution in [0.5, 0.6) is 11.5 Å². The summed E-state index contributed by atoms with van der Waals surface area (Å²) in [7, 11) is 2.01. The Morgan fingerprint density at radius 2 is 1.87 bits per heavy atom. The first kappa shape index (κ1) is 21.5. The number of nitrogens with zero attached hydrogens (tertiary/aromatic N) is 4. The van der Waals surface area contributed by atoms with Crippen molar-refractivity contribution >= 4 is 11.9 Å². The van der Waals surface area contributed by atoms with Crippen LogP contribution in [0, 0.1) is 5.92 Å². The maximum absolute atomic E-state index is 12.9. The molecule has 0 bridgehead atoms. The normalized spacial score (nSPS) is 18.0. The number of anilines is 1. The maximum atomic E-state index is 12.9. The summed E-state index contributed by atoms with van der Waals surface area (Å²) in [6.45, 7) is 9.40. The second kappa shape index (κ2) is 9.60. The number of nitrogens with one attached hydrogen (secondary N) is 1. The first-order chi connectivity index (χ1) is 15.0. The zero-order valence-electron chi connectivity index (χ0n) is 18.7. The van der Waals surface area contributed by atoms with Gasteiger partial charge in [0.2, 0.25) is 11.9 Å². The van der Waals surface area contributed by atoms with Crippen molar-refractivity contribution in [2.24, 2.45) is 13.0 Å². The van der Waals surface area contributed by atoms with Gasteiger partial charge in [-0.2, -0.15) is 0 Å². The van der Waals surface area contributed by atoms with E-state index in [1.54, 1.807) is 0 Å². The summed E-state index contributed by atoms with van der Waals surface area (Å²) in [4.78, 5) is 21.8. The minimum Gasteiger partial charge on any atom is -0.490 e. The molecule has 1 unspecified atom stereocenters. The smallest absolute Gasteiger partial charge is 0.234 e. The summed E-state index contributed by atoms with van der Waals surface area (Å²) in [5.74, 6) is 2.84. The fourth-order valence-electron chi connectivity index (χ4n) is 4.20. The standard InChI is InChI=1S/C23H33N5O3/c1-17(2)22(18-5-6-19-20(15-18)31-14-4-13-30-19)25-21(29)16-27-9-11-28(12-10-27)23-24-7-8-26(23)3/h5-8,15,17,22H,4,9-14,16H2,1-3H3,(H,25,29). The van der Waals surface area contributed by atoms with E-state index in [1.807, 2.05) is 42.2 Å². The van der Waals surface area contributed by atoms with Crippen molar-refractivity contribution in [1.29, 1.82) is 0 Å². The van der Waals surface area contributed by atoms with Crippen LogP contribution in [-0.4, -0.2) is 66.3 Å². The lowest BCUT2D eigenvalue weighted by Gasteiger charge is -2.35. The van der Waals surface area contributed by atoms with E-state index in [-0.39, 0.29) is 17.9 Å². The number of aryl methyl sites for hydroxylation is 1. The molecule has 8 nitrogen and oxygen atoms in total. The number of imidazole rings is 1. The SMILES string of the molecule is CC(C)C(NC(=O)CN1CCN(c2nccn2C)CC1)c1ccc2c(c1)OCCCO2. The van der Waals surface area contributed by atoms with Gasteiger partial charge in [0, 0.05) is 52.0 Å². The van der Waals surface area contributed by atoms with E-state index in [4.69, 9.17) is 9.47 Å². The van der Waals surface area contributed by atoms with Gasteiger partial charge < -0.3 is 24.3 Å². The van der Waals surface area contributed by atoms with Crippen molar-refractivity contribution in [2.75, 3.05) is 50.8 Å². The monoisotopic (exact) mass is 427 g/mol. The molecule has 168 valence electrons. The highest BCUT2D eigenvalue weighted by Crippen LogP contribution is 2.34. The molecule has 1 amide bonds. The van der Waals surface area contributed by atoms with Crippen molar-refractivity contribution in [2.45, 2.75) is 26.3 Å². The molecule has 1 aromatic carbocycles. The number of piperazine rings is 1. The number of ether oxygens (including phenoxy) is 2. The Labute approximate surface area is 184 Å². The van der Waals surface area contributed by atoms with Crippen molar-refractivity contribution in [3.05, 3.63) is 36.2 Å². The van der Waals surface area contributed by atoms with Gasteiger partial charge in [0.05, 0.1) is 25.8 Å². The first-order valence-corrected chi connectivity index (χ1v) is 11.1. The molecule has 8 heteroatoms. The quantitative estimate of drug-likeness (QED) is 0.762. The van der Waals surface area contributed by atoms with Gasteiger partial charge in [-0.25, -0.2) is 4.98 Å².